The van der Waals surface area contributed by atoms with Crippen LogP contribution in [-0.4, -0.2) is 27.5 Å². The summed E-state index contributed by atoms with van der Waals surface area (Å²) in [7, 11) is 0. The lowest BCUT2D eigenvalue weighted by Crippen LogP contribution is -2.35. The normalized spacial score (nSPS) is 15.1. The SMILES string of the molecule is CC(=O)Nc1cccc(NC(=O)C2CC(=O)Nc3c(-c4ccc(Cl)cc4)cnn32)c1. The van der Waals surface area contributed by atoms with Crippen LogP contribution in [0.3, 0.4) is 0 Å². The van der Waals surface area contributed by atoms with Crippen molar-refractivity contribution in [3.8, 4) is 11.1 Å². The fourth-order valence-electron chi connectivity index (χ4n) is 3.32. The van der Waals surface area contributed by atoms with Crippen molar-refractivity contribution >= 4 is 46.5 Å². The fourth-order valence-corrected chi connectivity index (χ4v) is 3.44. The van der Waals surface area contributed by atoms with Crippen LogP contribution in [0.2, 0.25) is 5.02 Å². The highest BCUT2D eigenvalue weighted by Crippen LogP contribution is 2.35. The number of fused-ring (bicyclic) bond motifs is 1. The molecule has 30 heavy (non-hydrogen) atoms. The first-order valence-electron chi connectivity index (χ1n) is 9.22. The van der Waals surface area contributed by atoms with Gasteiger partial charge in [-0.3, -0.25) is 14.4 Å². The highest BCUT2D eigenvalue weighted by molar-refractivity contribution is 6.30. The van der Waals surface area contributed by atoms with Gasteiger partial charge in [0.1, 0.15) is 11.9 Å². The Kier molecular flexibility index (Phi) is 5.24. The van der Waals surface area contributed by atoms with Gasteiger partial charge in [0.2, 0.25) is 17.7 Å². The highest BCUT2D eigenvalue weighted by Gasteiger charge is 2.33. The number of anilines is 3. The summed E-state index contributed by atoms with van der Waals surface area (Å²) in [6, 6.07) is 13.1. The van der Waals surface area contributed by atoms with E-state index in [1.165, 1.54) is 11.6 Å². The maximum absolute atomic E-state index is 12.9. The monoisotopic (exact) mass is 423 g/mol. The number of carbonyl (C=O) groups is 3. The number of amides is 3. The molecule has 0 radical (unpaired) electrons. The zero-order valence-corrected chi connectivity index (χ0v) is 16.7. The maximum atomic E-state index is 12.9. The van der Waals surface area contributed by atoms with Crippen LogP contribution in [0, 0.1) is 0 Å². The molecule has 1 atom stereocenters. The first-order valence-corrected chi connectivity index (χ1v) is 9.60. The molecule has 3 N–H and O–H groups in total. The van der Waals surface area contributed by atoms with Gasteiger partial charge < -0.3 is 16.0 Å². The van der Waals surface area contributed by atoms with Crippen molar-refractivity contribution in [2.75, 3.05) is 16.0 Å². The Hall–Kier alpha value is -3.65. The minimum Gasteiger partial charge on any atom is -0.326 e. The van der Waals surface area contributed by atoms with Crippen LogP contribution < -0.4 is 16.0 Å². The van der Waals surface area contributed by atoms with Crippen molar-refractivity contribution in [1.29, 1.82) is 0 Å². The molecule has 0 aliphatic carbocycles. The average molecular weight is 424 g/mol. The second-order valence-corrected chi connectivity index (χ2v) is 7.31. The Bertz CT molecular complexity index is 1140. The average Bonchev–Trinajstić information content (AvgIpc) is 3.11. The number of nitrogens with zero attached hydrogens (tertiary/aromatic N) is 2. The van der Waals surface area contributed by atoms with Crippen molar-refractivity contribution in [1.82, 2.24) is 9.78 Å². The van der Waals surface area contributed by atoms with Gasteiger partial charge in [-0.2, -0.15) is 5.10 Å². The number of hydrogen-bond donors (Lipinski definition) is 3. The molecule has 3 amide bonds. The molecule has 0 spiro atoms. The summed E-state index contributed by atoms with van der Waals surface area (Å²) in [5.74, 6) is -0.402. The van der Waals surface area contributed by atoms with Crippen molar-refractivity contribution in [2.45, 2.75) is 19.4 Å². The third kappa shape index (κ3) is 4.04. The maximum Gasteiger partial charge on any atom is 0.249 e. The van der Waals surface area contributed by atoms with Crippen LogP contribution in [0.15, 0.2) is 54.7 Å². The molecule has 9 heteroatoms. The summed E-state index contributed by atoms with van der Waals surface area (Å²) in [6.07, 6.45) is 1.58. The summed E-state index contributed by atoms with van der Waals surface area (Å²) in [4.78, 5) is 36.5. The van der Waals surface area contributed by atoms with E-state index in [0.717, 1.165) is 5.56 Å². The van der Waals surface area contributed by atoms with Gasteiger partial charge in [0.05, 0.1) is 12.6 Å². The first-order chi connectivity index (χ1) is 14.4. The predicted molar refractivity (Wildman–Crippen MR) is 114 cm³/mol. The Morgan fingerprint density at radius 1 is 1.13 bits per heavy atom. The minimum atomic E-state index is -0.806. The van der Waals surface area contributed by atoms with E-state index in [9.17, 15) is 14.4 Å². The van der Waals surface area contributed by atoms with E-state index < -0.39 is 6.04 Å². The van der Waals surface area contributed by atoms with Crippen molar-refractivity contribution in [3.63, 3.8) is 0 Å². The molecule has 0 saturated carbocycles. The van der Waals surface area contributed by atoms with E-state index >= 15 is 0 Å². The van der Waals surface area contributed by atoms with Crippen molar-refractivity contribution in [2.24, 2.45) is 0 Å². The zero-order valence-electron chi connectivity index (χ0n) is 16.0. The van der Waals surface area contributed by atoms with Gasteiger partial charge in [0.25, 0.3) is 0 Å². The Morgan fingerprint density at radius 2 is 1.83 bits per heavy atom. The molecule has 0 bridgehead atoms. The van der Waals surface area contributed by atoms with Gasteiger partial charge in [-0.1, -0.05) is 29.8 Å². The Labute approximate surface area is 177 Å². The highest BCUT2D eigenvalue weighted by atomic mass is 35.5. The van der Waals surface area contributed by atoms with E-state index in [-0.39, 0.29) is 24.1 Å². The molecule has 1 aromatic heterocycles. The molecule has 8 nitrogen and oxygen atoms in total. The summed E-state index contributed by atoms with van der Waals surface area (Å²) in [5.41, 5.74) is 2.59. The molecule has 0 saturated heterocycles. The third-order valence-electron chi connectivity index (χ3n) is 4.64. The second-order valence-electron chi connectivity index (χ2n) is 6.88. The standard InChI is InChI=1S/C21H18ClN5O3/c1-12(28)24-15-3-2-4-16(9-15)25-21(30)18-10-19(29)26-20-17(11-23-27(18)20)13-5-7-14(22)8-6-13/h2-9,11,18H,10H2,1H3,(H,24,28)(H,25,30)(H,26,29). The molecule has 1 aliphatic rings. The van der Waals surface area contributed by atoms with Gasteiger partial charge in [-0.05, 0) is 35.9 Å². The van der Waals surface area contributed by atoms with Gasteiger partial charge in [-0.15, -0.1) is 0 Å². The Morgan fingerprint density at radius 3 is 2.53 bits per heavy atom. The van der Waals surface area contributed by atoms with Gasteiger partial charge in [0.15, 0.2) is 0 Å². The molecule has 2 heterocycles. The summed E-state index contributed by atoms with van der Waals surface area (Å²) in [5, 5.41) is 13.2. The lowest BCUT2D eigenvalue weighted by atomic mass is 10.1. The van der Waals surface area contributed by atoms with E-state index in [0.29, 0.717) is 27.8 Å². The van der Waals surface area contributed by atoms with E-state index in [2.05, 4.69) is 21.0 Å². The van der Waals surface area contributed by atoms with Crippen LogP contribution in [0.25, 0.3) is 11.1 Å². The number of rotatable bonds is 4. The molecule has 2 aromatic carbocycles. The largest absolute Gasteiger partial charge is 0.326 e. The molecule has 1 unspecified atom stereocenters. The van der Waals surface area contributed by atoms with Crippen LogP contribution in [0.1, 0.15) is 19.4 Å². The van der Waals surface area contributed by atoms with Crippen molar-refractivity contribution in [3.05, 3.63) is 59.8 Å². The molecule has 3 aromatic rings. The number of aromatic nitrogens is 2. The lowest BCUT2D eigenvalue weighted by Gasteiger charge is -2.24. The van der Waals surface area contributed by atoms with E-state index in [1.807, 2.05) is 12.1 Å². The molecule has 4 rings (SSSR count). The number of hydrogen-bond acceptors (Lipinski definition) is 4. The quantitative estimate of drug-likeness (QED) is 0.595. The number of halogens is 1. The van der Waals surface area contributed by atoms with Crippen LogP contribution in [-0.2, 0) is 14.4 Å². The van der Waals surface area contributed by atoms with Crippen LogP contribution in [0.4, 0.5) is 17.2 Å². The molecular formula is C21H18ClN5O3. The molecule has 0 fully saturated rings. The van der Waals surface area contributed by atoms with Crippen LogP contribution in [0.5, 0.6) is 0 Å². The van der Waals surface area contributed by atoms with E-state index in [1.54, 1.807) is 42.6 Å². The first kappa shape index (κ1) is 19.7. The number of benzene rings is 2. The van der Waals surface area contributed by atoms with Gasteiger partial charge >= 0.3 is 0 Å². The summed E-state index contributed by atoms with van der Waals surface area (Å²) >= 11 is 5.95. The minimum absolute atomic E-state index is 0.0358. The lowest BCUT2D eigenvalue weighted by molar-refractivity contribution is -0.125. The summed E-state index contributed by atoms with van der Waals surface area (Å²) in [6.45, 7) is 1.41. The smallest absolute Gasteiger partial charge is 0.249 e. The third-order valence-corrected chi connectivity index (χ3v) is 4.89. The molecule has 1 aliphatic heterocycles. The van der Waals surface area contributed by atoms with Crippen molar-refractivity contribution < 1.29 is 14.4 Å². The van der Waals surface area contributed by atoms with Crippen LogP contribution >= 0.6 is 11.6 Å². The Balaban J connectivity index is 1.60. The zero-order chi connectivity index (χ0) is 21.3. The second kappa shape index (κ2) is 8.00. The predicted octanol–water partition coefficient (Wildman–Crippen LogP) is 3.68. The molecular weight excluding hydrogens is 406 g/mol. The number of carbonyl (C=O) groups excluding carboxylic acids is 3. The topological polar surface area (TPSA) is 105 Å². The number of nitrogens with one attached hydrogen (secondary N) is 3. The fraction of sp³-hybridized carbons (Fsp3) is 0.143. The van der Waals surface area contributed by atoms with Gasteiger partial charge in [-0.25, -0.2) is 4.68 Å². The summed E-state index contributed by atoms with van der Waals surface area (Å²) < 4.78 is 1.51. The van der Waals surface area contributed by atoms with Gasteiger partial charge in [0, 0.05) is 28.9 Å². The molecule has 152 valence electrons. The van der Waals surface area contributed by atoms with E-state index in [4.69, 9.17) is 11.6 Å².